The van der Waals surface area contributed by atoms with E-state index in [1.54, 1.807) is 39.1 Å². The van der Waals surface area contributed by atoms with Crippen molar-refractivity contribution in [1.29, 1.82) is 0 Å². The van der Waals surface area contributed by atoms with Crippen molar-refractivity contribution in [3.63, 3.8) is 0 Å². The first-order chi connectivity index (χ1) is 23.5. The van der Waals surface area contributed by atoms with Crippen LogP contribution in [0.25, 0.3) is 0 Å². The Balaban J connectivity index is 1.78. The minimum atomic E-state index is -1.70. The van der Waals surface area contributed by atoms with Crippen molar-refractivity contribution in [3.05, 3.63) is 46.5 Å². The summed E-state index contributed by atoms with van der Waals surface area (Å²) in [7, 11) is 6.07. The van der Waals surface area contributed by atoms with Gasteiger partial charge in [0.1, 0.15) is 34.6 Å². The Morgan fingerprint density at radius 2 is 1.96 bits per heavy atom. The first kappa shape index (κ1) is 39.7. The average molecular weight is 736 g/mol. The Kier molecular flexibility index (Phi) is 12.7. The van der Waals surface area contributed by atoms with Gasteiger partial charge in [0.25, 0.3) is 0 Å². The highest BCUT2D eigenvalue weighted by atomic mass is 35.5. The number of amides is 3. The second kappa shape index (κ2) is 16.1. The first-order valence-corrected chi connectivity index (χ1v) is 17.8. The molecule has 3 amide bonds. The van der Waals surface area contributed by atoms with Crippen LogP contribution in [0.2, 0.25) is 5.02 Å². The molecule has 3 aliphatic heterocycles. The van der Waals surface area contributed by atoms with Crippen molar-refractivity contribution in [2.24, 2.45) is 11.8 Å². The topological polar surface area (TPSA) is 147 Å². The van der Waals surface area contributed by atoms with Gasteiger partial charge in [-0.1, -0.05) is 42.3 Å². The number of anilines is 1. The maximum atomic E-state index is 14.1. The zero-order chi connectivity index (χ0) is 37.1. The van der Waals surface area contributed by atoms with E-state index in [4.69, 9.17) is 30.5 Å². The number of esters is 1. The molecule has 12 nitrogen and oxygen atoms in total. The van der Waals surface area contributed by atoms with Crippen molar-refractivity contribution in [1.82, 2.24) is 10.2 Å². The van der Waals surface area contributed by atoms with Crippen molar-refractivity contribution in [2.45, 2.75) is 95.5 Å². The summed E-state index contributed by atoms with van der Waals surface area (Å²) in [6.07, 6.45) is 3.57. The minimum Gasteiger partial charge on any atom is -0.495 e. The van der Waals surface area contributed by atoms with E-state index >= 15 is 0 Å². The van der Waals surface area contributed by atoms with E-state index in [-0.39, 0.29) is 54.4 Å². The Morgan fingerprint density at radius 3 is 2.60 bits per heavy atom. The number of methoxy groups -OCH3 is 2. The fourth-order valence-corrected chi connectivity index (χ4v) is 7.44. The fraction of sp³-hybridized carbons (Fsp3) is 0.611. The quantitative estimate of drug-likeness (QED) is 0.216. The Labute approximate surface area is 304 Å². The highest BCUT2D eigenvalue weighted by molar-refractivity contribution is 7.80. The van der Waals surface area contributed by atoms with Crippen LogP contribution in [-0.4, -0.2) is 103 Å². The number of nitrogens with one attached hydrogen (secondary N) is 1. The highest BCUT2D eigenvalue weighted by Gasteiger charge is 2.64. The van der Waals surface area contributed by atoms with Crippen LogP contribution >= 0.6 is 24.2 Å². The van der Waals surface area contributed by atoms with Gasteiger partial charge in [-0.3, -0.25) is 14.4 Å². The number of benzene rings is 1. The van der Waals surface area contributed by atoms with Crippen molar-refractivity contribution < 1.29 is 43.2 Å². The van der Waals surface area contributed by atoms with E-state index in [1.165, 1.54) is 31.1 Å². The van der Waals surface area contributed by atoms with Crippen LogP contribution < -0.4 is 15.0 Å². The van der Waals surface area contributed by atoms with E-state index in [2.05, 4.69) is 17.9 Å². The standard InChI is InChI=1S/C36H50ClN3O9S/c1-20-10-9-11-27(47-8)36(45)19-24(17-29(41)38-36)21(2)33-35(4,49-33)28(48-34(44)22(3)39(5)30(42)12-13-50)18-31(43)40(6)25-15-23(14-20)16-26(46-7)32(25)37/h9-11,15-16,21-22,24,27-28,33,45,50H,12-14,17-19H2,1-8H3,(H,38,41)/b11-9-,20-10+/t21-,22+,24+,27+,28+,33+,35+,36+/m1/s1. The summed E-state index contributed by atoms with van der Waals surface area (Å²) in [5.41, 5.74) is -0.637. The number of rotatable bonds is 7. The third-order valence-corrected chi connectivity index (χ3v) is 10.9. The summed E-state index contributed by atoms with van der Waals surface area (Å²) in [6.45, 7) is 7.18. The van der Waals surface area contributed by atoms with Crippen LogP contribution in [0.4, 0.5) is 5.69 Å². The SMILES string of the molecule is COc1cc2cc(c1Cl)N(C)C(=O)C[C@H](OC(=O)[C@H](C)N(C)C(=O)CCS)[C@]1(C)O[C@H]1[C@H](C)[C@H]1CC(=O)N[C@](O)(C1)[C@@H](OC)/C=C\C=C(/C)C2. The molecule has 2 N–H and O–H groups in total. The van der Waals surface area contributed by atoms with Gasteiger partial charge in [0, 0.05) is 40.5 Å². The molecule has 0 radical (unpaired) electrons. The number of allylic oxidation sites excluding steroid dienone is 3. The van der Waals surface area contributed by atoms with Gasteiger partial charge in [-0.25, -0.2) is 4.79 Å². The van der Waals surface area contributed by atoms with E-state index in [1.807, 2.05) is 26.0 Å². The van der Waals surface area contributed by atoms with Crippen LogP contribution in [0.15, 0.2) is 35.9 Å². The van der Waals surface area contributed by atoms with E-state index in [0.717, 1.165) is 11.1 Å². The number of hydrogen-bond donors (Lipinski definition) is 3. The summed E-state index contributed by atoms with van der Waals surface area (Å²) in [5, 5.41) is 14.7. The van der Waals surface area contributed by atoms with Crippen molar-refractivity contribution in [3.8, 4) is 5.75 Å². The Hall–Kier alpha value is -3.10. The number of carbonyl (C=O) groups is 4. The van der Waals surface area contributed by atoms with Crippen LogP contribution in [0, 0.1) is 11.8 Å². The smallest absolute Gasteiger partial charge is 0.328 e. The molecule has 3 heterocycles. The van der Waals surface area contributed by atoms with Crippen LogP contribution in [0.1, 0.15) is 58.9 Å². The molecule has 1 aromatic rings. The lowest BCUT2D eigenvalue weighted by Gasteiger charge is -2.42. The van der Waals surface area contributed by atoms with Gasteiger partial charge in [0.2, 0.25) is 17.7 Å². The number of hydrogen-bond acceptors (Lipinski definition) is 10. The normalized spacial score (nSPS) is 32.5. The van der Waals surface area contributed by atoms with Crippen LogP contribution in [0.3, 0.4) is 0 Å². The molecular formula is C36H50ClN3O9S. The van der Waals surface area contributed by atoms with Gasteiger partial charge >= 0.3 is 5.97 Å². The number of ether oxygens (including phenoxy) is 4. The molecule has 4 bridgehead atoms. The maximum Gasteiger partial charge on any atom is 0.328 e. The number of epoxide rings is 1. The molecule has 50 heavy (non-hydrogen) atoms. The fourth-order valence-electron chi connectivity index (χ4n) is 6.93. The molecule has 0 saturated carbocycles. The molecule has 14 heteroatoms. The second-order valence-corrected chi connectivity index (χ2v) is 14.6. The molecule has 2 saturated heterocycles. The number of aliphatic hydroxyl groups is 1. The number of nitrogens with zero attached hydrogens (tertiary/aromatic N) is 2. The molecule has 1 aromatic carbocycles. The summed E-state index contributed by atoms with van der Waals surface area (Å²) in [6, 6.07) is 2.66. The molecular weight excluding hydrogens is 686 g/mol. The third kappa shape index (κ3) is 8.50. The number of fused-ring (bicyclic) bond motifs is 5. The van der Waals surface area contributed by atoms with Crippen LogP contribution in [-0.2, 0) is 39.8 Å². The molecule has 8 atom stereocenters. The largest absolute Gasteiger partial charge is 0.495 e. The number of carbonyl (C=O) groups excluding carboxylic acids is 4. The minimum absolute atomic E-state index is 0.135. The lowest BCUT2D eigenvalue weighted by Crippen LogP contribution is -2.61. The first-order valence-electron chi connectivity index (χ1n) is 16.8. The maximum absolute atomic E-state index is 14.1. The van der Waals surface area contributed by atoms with E-state index < -0.39 is 47.6 Å². The molecule has 3 aliphatic rings. The zero-order valence-corrected chi connectivity index (χ0v) is 31.7. The molecule has 0 aromatic heterocycles. The Bertz CT molecular complexity index is 1540. The van der Waals surface area contributed by atoms with Gasteiger partial charge in [0.15, 0.2) is 5.72 Å². The van der Waals surface area contributed by atoms with Gasteiger partial charge < -0.3 is 39.2 Å². The van der Waals surface area contributed by atoms with Gasteiger partial charge in [-0.15, -0.1) is 0 Å². The molecule has 0 aliphatic carbocycles. The van der Waals surface area contributed by atoms with Crippen molar-refractivity contribution >= 4 is 53.6 Å². The number of thiol groups is 1. The van der Waals surface area contributed by atoms with Gasteiger partial charge in [0.05, 0.1) is 25.3 Å². The monoisotopic (exact) mass is 735 g/mol. The summed E-state index contributed by atoms with van der Waals surface area (Å²) >= 11 is 10.9. The lowest BCUT2D eigenvalue weighted by atomic mass is 9.75. The molecule has 0 unspecified atom stereocenters. The summed E-state index contributed by atoms with van der Waals surface area (Å²) in [5.74, 6) is -1.65. The van der Waals surface area contributed by atoms with Crippen LogP contribution in [0.5, 0.6) is 5.75 Å². The highest BCUT2D eigenvalue weighted by Crippen LogP contribution is 2.50. The number of piperidine rings is 1. The summed E-state index contributed by atoms with van der Waals surface area (Å²) in [4.78, 5) is 55.9. The molecule has 2 fully saturated rings. The van der Waals surface area contributed by atoms with Crippen molar-refractivity contribution in [2.75, 3.05) is 39.0 Å². The third-order valence-electron chi connectivity index (χ3n) is 10.3. The predicted octanol–water partition coefficient (Wildman–Crippen LogP) is 3.86. The molecule has 276 valence electrons. The summed E-state index contributed by atoms with van der Waals surface area (Å²) < 4.78 is 23.6. The average Bonchev–Trinajstić information content (AvgIpc) is 3.76. The lowest BCUT2D eigenvalue weighted by molar-refractivity contribution is -0.161. The molecule has 0 spiro atoms. The van der Waals surface area contributed by atoms with Gasteiger partial charge in [-0.05, 0) is 62.5 Å². The second-order valence-electron chi connectivity index (χ2n) is 13.8. The number of likely N-dealkylation sites (N-methyl/N-ethyl adjacent to an activating group) is 1. The van der Waals surface area contributed by atoms with E-state index in [0.29, 0.717) is 23.6 Å². The number of halogens is 1. The van der Waals surface area contributed by atoms with Gasteiger partial charge in [-0.2, -0.15) is 12.6 Å². The predicted molar refractivity (Wildman–Crippen MR) is 192 cm³/mol. The zero-order valence-electron chi connectivity index (χ0n) is 30.0. The Morgan fingerprint density at radius 1 is 1.26 bits per heavy atom. The van der Waals surface area contributed by atoms with E-state index in [9.17, 15) is 24.3 Å². The molecule has 4 rings (SSSR count).